The summed E-state index contributed by atoms with van der Waals surface area (Å²) in [7, 11) is -3.85. The predicted molar refractivity (Wildman–Crippen MR) is 125 cm³/mol. The minimum Gasteiger partial charge on any atom is -0.452 e. The van der Waals surface area contributed by atoms with Crippen LogP contribution in [0.4, 0.5) is 5.69 Å². The highest BCUT2D eigenvalue weighted by molar-refractivity contribution is 7.92. The number of sulfonamides is 1. The van der Waals surface area contributed by atoms with E-state index in [0.717, 1.165) is 11.1 Å². The van der Waals surface area contributed by atoms with Crippen molar-refractivity contribution in [2.24, 2.45) is 0 Å². The van der Waals surface area contributed by atoms with Gasteiger partial charge in [-0.15, -0.1) is 0 Å². The van der Waals surface area contributed by atoms with Crippen LogP contribution >= 0.6 is 11.6 Å². The maximum absolute atomic E-state index is 13.2. The second kappa shape index (κ2) is 9.64. The summed E-state index contributed by atoms with van der Waals surface area (Å²) in [6, 6.07) is 20.0. The smallest absolute Gasteiger partial charge is 0.338 e. The molecule has 0 bridgehead atoms. The molecule has 4 rings (SSSR count). The molecule has 9 heteroatoms. The quantitative estimate of drug-likeness (QED) is 0.517. The number of fused-ring (bicyclic) bond motifs is 1. The van der Waals surface area contributed by atoms with Gasteiger partial charge in [0.05, 0.1) is 16.1 Å². The first-order valence-corrected chi connectivity index (χ1v) is 12.1. The molecule has 0 unspecified atom stereocenters. The fourth-order valence-corrected chi connectivity index (χ4v) is 5.32. The number of benzene rings is 3. The Balaban J connectivity index is 1.40. The summed E-state index contributed by atoms with van der Waals surface area (Å²) in [6.07, 6.45) is 0.625. The lowest BCUT2D eigenvalue weighted by molar-refractivity contribution is -0.124. The molecule has 0 spiro atoms. The zero-order valence-corrected chi connectivity index (χ0v) is 19.1. The van der Waals surface area contributed by atoms with Crippen molar-refractivity contribution in [2.45, 2.75) is 17.9 Å². The summed E-state index contributed by atoms with van der Waals surface area (Å²) in [5.41, 5.74) is 2.38. The first-order valence-electron chi connectivity index (χ1n) is 10.2. The highest BCUT2D eigenvalue weighted by Gasteiger charge is 2.31. The zero-order chi connectivity index (χ0) is 23.4. The highest BCUT2D eigenvalue weighted by Crippen LogP contribution is 2.32. The van der Waals surface area contributed by atoms with Crippen LogP contribution in [0.5, 0.6) is 0 Å². The Morgan fingerprint density at radius 3 is 2.58 bits per heavy atom. The van der Waals surface area contributed by atoms with E-state index in [2.05, 4.69) is 5.32 Å². The average Bonchev–Trinajstić information content (AvgIpc) is 3.27. The van der Waals surface area contributed by atoms with Crippen LogP contribution in [0.15, 0.2) is 77.7 Å². The van der Waals surface area contributed by atoms with E-state index < -0.39 is 28.5 Å². The van der Waals surface area contributed by atoms with Gasteiger partial charge in [0.2, 0.25) is 0 Å². The van der Waals surface area contributed by atoms with Crippen molar-refractivity contribution in [3.8, 4) is 0 Å². The van der Waals surface area contributed by atoms with Crippen molar-refractivity contribution in [1.82, 2.24) is 5.32 Å². The van der Waals surface area contributed by atoms with E-state index in [0.29, 0.717) is 23.7 Å². The summed E-state index contributed by atoms with van der Waals surface area (Å²) in [4.78, 5) is 24.5. The van der Waals surface area contributed by atoms with Gasteiger partial charge in [-0.1, -0.05) is 54.1 Å². The lowest BCUT2D eigenvalue weighted by Gasteiger charge is -2.19. The molecule has 1 heterocycles. The number of halogens is 1. The number of rotatable bonds is 7. The van der Waals surface area contributed by atoms with Crippen LogP contribution in [-0.2, 0) is 32.5 Å². The van der Waals surface area contributed by atoms with E-state index in [9.17, 15) is 18.0 Å². The molecule has 0 radical (unpaired) electrons. The molecule has 3 aromatic rings. The van der Waals surface area contributed by atoms with E-state index in [1.165, 1.54) is 28.6 Å². The average molecular weight is 485 g/mol. The summed E-state index contributed by atoms with van der Waals surface area (Å²) >= 11 is 6.05. The third kappa shape index (κ3) is 5.02. The molecule has 0 aliphatic carbocycles. The predicted octanol–water partition coefficient (Wildman–Crippen LogP) is 3.56. The highest BCUT2D eigenvalue weighted by atomic mass is 35.5. The molecule has 1 aliphatic heterocycles. The number of anilines is 1. The van der Waals surface area contributed by atoms with Gasteiger partial charge < -0.3 is 10.1 Å². The van der Waals surface area contributed by atoms with E-state index in [1.807, 2.05) is 12.1 Å². The number of esters is 1. The Bertz CT molecular complexity index is 1310. The first kappa shape index (κ1) is 22.8. The summed E-state index contributed by atoms with van der Waals surface area (Å²) in [5, 5.41) is 3.15. The molecule has 33 heavy (non-hydrogen) atoms. The van der Waals surface area contributed by atoms with E-state index >= 15 is 0 Å². The standard InChI is InChI=1S/C24H21ClN2O5S/c25-21-10-3-1-7-19(21)15-26-23(28)16-32-24(29)18-8-5-9-20(14-18)33(30,31)27-13-12-17-6-2-4-11-22(17)27/h1-11,14H,12-13,15-16H2,(H,26,28). The summed E-state index contributed by atoms with van der Waals surface area (Å²) in [6.45, 7) is 0.0306. The maximum atomic E-state index is 13.2. The van der Waals surface area contributed by atoms with Gasteiger partial charge in [0, 0.05) is 18.1 Å². The minimum atomic E-state index is -3.85. The number of nitrogens with zero attached hydrogens (tertiary/aromatic N) is 1. The Morgan fingerprint density at radius 2 is 1.76 bits per heavy atom. The SMILES string of the molecule is O=C(COC(=O)c1cccc(S(=O)(=O)N2CCc3ccccc32)c1)NCc1ccccc1Cl. The summed E-state index contributed by atoms with van der Waals surface area (Å²) < 4.78 is 32.8. The monoisotopic (exact) mass is 484 g/mol. The molecular formula is C24H21ClN2O5S. The fourth-order valence-electron chi connectivity index (χ4n) is 3.57. The Morgan fingerprint density at radius 1 is 1.00 bits per heavy atom. The van der Waals surface area contributed by atoms with Gasteiger partial charge in [-0.2, -0.15) is 0 Å². The number of ether oxygens (including phenoxy) is 1. The number of carbonyl (C=O) groups is 2. The van der Waals surface area contributed by atoms with E-state index in [1.54, 1.807) is 36.4 Å². The van der Waals surface area contributed by atoms with Gasteiger partial charge in [-0.3, -0.25) is 9.10 Å². The number of hydrogen-bond acceptors (Lipinski definition) is 5. The summed E-state index contributed by atoms with van der Waals surface area (Å²) in [5.74, 6) is -1.29. The number of carbonyl (C=O) groups excluding carboxylic acids is 2. The molecule has 0 aromatic heterocycles. The van der Waals surface area contributed by atoms with Crippen LogP contribution in [0.3, 0.4) is 0 Å². The topological polar surface area (TPSA) is 92.8 Å². The maximum Gasteiger partial charge on any atom is 0.338 e. The van der Waals surface area contributed by atoms with Gasteiger partial charge in [-0.05, 0) is 47.9 Å². The van der Waals surface area contributed by atoms with E-state index in [4.69, 9.17) is 16.3 Å². The van der Waals surface area contributed by atoms with Gasteiger partial charge in [-0.25, -0.2) is 13.2 Å². The molecule has 0 fully saturated rings. The van der Waals surface area contributed by atoms with Gasteiger partial charge in [0.25, 0.3) is 15.9 Å². The molecule has 1 N–H and O–H groups in total. The van der Waals surface area contributed by atoms with Crippen LogP contribution in [0, 0.1) is 0 Å². The van der Waals surface area contributed by atoms with Crippen LogP contribution in [-0.4, -0.2) is 33.4 Å². The Labute approximate surface area is 197 Å². The fraction of sp³-hybridized carbons (Fsp3) is 0.167. The first-order chi connectivity index (χ1) is 15.9. The molecular weight excluding hydrogens is 464 g/mol. The molecule has 3 aromatic carbocycles. The van der Waals surface area contributed by atoms with Crippen molar-refractivity contribution in [1.29, 1.82) is 0 Å². The lowest BCUT2D eigenvalue weighted by Crippen LogP contribution is -2.29. The zero-order valence-electron chi connectivity index (χ0n) is 17.5. The molecule has 1 aliphatic rings. The molecule has 170 valence electrons. The second-order valence-corrected chi connectivity index (χ2v) is 9.70. The number of para-hydroxylation sites is 1. The lowest BCUT2D eigenvalue weighted by atomic mass is 10.2. The van der Waals surface area contributed by atoms with E-state index in [-0.39, 0.29) is 17.0 Å². The van der Waals surface area contributed by atoms with Crippen LogP contribution < -0.4 is 9.62 Å². The van der Waals surface area contributed by atoms with Crippen molar-refractivity contribution < 1.29 is 22.7 Å². The number of hydrogen-bond donors (Lipinski definition) is 1. The Kier molecular flexibility index (Phi) is 6.67. The van der Waals surface area contributed by atoms with Gasteiger partial charge >= 0.3 is 5.97 Å². The number of nitrogens with one attached hydrogen (secondary N) is 1. The van der Waals surface area contributed by atoms with Crippen molar-refractivity contribution in [2.75, 3.05) is 17.5 Å². The third-order valence-electron chi connectivity index (χ3n) is 5.27. The van der Waals surface area contributed by atoms with Crippen molar-refractivity contribution >= 4 is 39.2 Å². The largest absolute Gasteiger partial charge is 0.452 e. The second-order valence-electron chi connectivity index (χ2n) is 7.43. The minimum absolute atomic E-state index is 0.0168. The van der Waals surface area contributed by atoms with Gasteiger partial charge in [0.1, 0.15) is 0 Å². The molecule has 0 atom stereocenters. The van der Waals surface area contributed by atoms with Gasteiger partial charge in [0.15, 0.2) is 6.61 Å². The molecule has 0 saturated heterocycles. The Hall–Kier alpha value is -3.36. The molecule has 7 nitrogen and oxygen atoms in total. The van der Waals surface area contributed by atoms with Crippen LogP contribution in [0.25, 0.3) is 0 Å². The van der Waals surface area contributed by atoms with Crippen LogP contribution in [0.1, 0.15) is 21.5 Å². The third-order valence-corrected chi connectivity index (χ3v) is 7.45. The normalized spacial score (nSPS) is 12.8. The van der Waals surface area contributed by atoms with Crippen molar-refractivity contribution in [3.63, 3.8) is 0 Å². The molecule has 0 saturated carbocycles. The number of amides is 1. The molecule has 1 amide bonds. The van der Waals surface area contributed by atoms with Crippen LogP contribution in [0.2, 0.25) is 5.02 Å². The van der Waals surface area contributed by atoms with Crippen molar-refractivity contribution in [3.05, 3.63) is 94.5 Å².